The predicted molar refractivity (Wildman–Crippen MR) is 53.9 cm³/mol. The Labute approximate surface area is 83.3 Å². The zero-order chi connectivity index (χ0) is 11.4. The van der Waals surface area contributed by atoms with Crippen LogP contribution < -0.4 is 16.8 Å². The van der Waals surface area contributed by atoms with E-state index in [0.29, 0.717) is 6.42 Å². The minimum Gasteiger partial charge on any atom is -0.409 e. The van der Waals surface area contributed by atoms with Crippen LogP contribution in [0.15, 0.2) is 5.16 Å². The molecule has 0 aliphatic heterocycles. The van der Waals surface area contributed by atoms with E-state index in [4.69, 9.17) is 16.7 Å². The summed E-state index contributed by atoms with van der Waals surface area (Å²) in [5.74, 6) is -0.441. The van der Waals surface area contributed by atoms with Gasteiger partial charge in [-0.2, -0.15) is 0 Å². The van der Waals surface area contributed by atoms with Crippen molar-refractivity contribution in [2.45, 2.75) is 38.8 Å². The highest BCUT2D eigenvalue weighted by atomic mass is 16.4. The lowest BCUT2D eigenvalue weighted by atomic mass is 10.0. The highest BCUT2D eigenvalue weighted by molar-refractivity contribution is 5.88. The maximum Gasteiger partial charge on any atom is 0.237 e. The summed E-state index contributed by atoms with van der Waals surface area (Å²) >= 11 is 0. The molecule has 0 aromatic carbocycles. The van der Waals surface area contributed by atoms with E-state index in [2.05, 4.69) is 10.5 Å². The molecule has 14 heavy (non-hydrogen) atoms. The molecule has 0 rings (SSSR count). The second-order valence-electron chi connectivity index (χ2n) is 3.62. The topological polar surface area (TPSA) is 114 Å². The van der Waals surface area contributed by atoms with Gasteiger partial charge in [0, 0.05) is 0 Å². The number of nitrogens with zero attached hydrogens (tertiary/aromatic N) is 1. The van der Waals surface area contributed by atoms with E-state index in [1.165, 1.54) is 0 Å². The zero-order valence-corrected chi connectivity index (χ0v) is 8.74. The average molecular weight is 202 g/mol. The van der Waals surface area contributed by atoms with Crippen LogP contribution in [0.3, 0.4) is 0 Å². The number of primary amides is 1. The van der Waals surface area contributed by atoms with E-state index in [1.807, 2.05) is 6.92 Å². The number of hydrogen-bond acceptors (Lipinski definition) is 4. The van der Waals surface area contributed by atoms with E-state index < -0.39 is 11.4 Å². The Balaban J connectivity index is 4.55. The number of hydrogen-bond donors (Lipinski definition) is 4. The molecule has 6 nitrogen and oxygen atoms in total. The van der Waals surface area contributed by atoms with Crippen molar-refractivity contribution in [3.05, 3.63) is 0 Å². The van der Waals surface area contributed by atoms with Crippen LogP contribution in [0.2, 0.25) is 0 Å². The predicted octanol–water partition coefficient (Wildman–Crippen LogP) is -0.635. The van der Waals surface area contributed by atoms with Gasteiger partial charge < -0.3 is 16.7 Å². The normalized spacial score (nSPS) is 15.2. The fourth-order valence-corrected chi connectivity index (χ4v) is 0.962. The summed E-state index contributed by atoms with van der Waals surface area (Å²) in [7, 11) is 0. The number of carbonyl (C=O) groups excluding carboxylic acids is 1. The van der Waals surface area contributed by atoms with Crippen LogP contribution in [0.4, 0.5) is 0 Å². The molecule has 1 amide bonds. The molecule has 82 valence electrons. The van der Waals surface area contributed by atoms with Gasteiger partial charge in [0.15, 0.2) is 5.84 Å². The third-order valence-corrected chi connectivity index (χ3v) is 2.03. The third-order valence-electron chi connectivity index (χ3n) is 2.03. The summed E-state index contributed by atoms with van der Waals surface area (Å²) in [6.45, 7) is 5.14. The maximum absolute atomic E-state index is 11.0. The molecule has 0 aromatic rings. The number of rotatable bonds is 5. The second-order valence-corrected chi connectivity index (χ2v) is 3.62. The third kappa shape index (κ3) is 3.21. The van der Waals surface area contributed by atoms with Crippen LogP contribution in [0.25, 0.3) is 0 Å². The molecule has 0 aromatic heterocycles. The lowest BCUT2D eigenvalue weighted by Gasteiger charge is -2.27. The van der Waals surface area contributed by atoms with E-state index in [0.717, 1.165) is 0 Å². The largest absolute Gasteiger partial charge is 0.409 e. The van der Waals surface area contributed by atoms with E-state index in [1.54, 1.807) is 13.8 Å². The van der Waals surface area contributed by atoms with E-state index in [9.17, 15) is 4.79 Å². The van der Waals surface area contributed by atoms with Gasteiger partial charge in [-0.05, 0) is 20.3 Å². The quantitative estimate of drug-likeness (QED) is 0.205. The van der Waals surface area contributed by atoms with Gasteiger partial charge >= 0.3 is 0 Å². The van der Waals surface area contributed by atoms with Gasteiger partial charge in [0.25, 0.3) is 0 Å². The average Bonchev–Trinajstić information content (AvgIpc) is 2.12. The number of oxime groups is 1. The molecule has 6 heteroatoms. The molecule has 0 fully saturated rings. The first kappa shape index (κ1) is 12.7. The van der Waals surface area contributed by atoms with Crippen LogP contribution >= 0.6 is 0 Å². The Morgan fingerprint density at radius 3 is 2.36 bits per heavy atom. The fraction of sp³-hybridized carbons (Fsp3) is 0.750. The number of amides is 1. The van der Waals surface area contributed by atoms with Crippen LogP contribution in [0, 0.1) is 0 Å². The SMILES string of the molecule is CCC(NC(C)(C)C(N)=O)C(N)=NO. The van der Waals surface area contributed by atoms with Crippen molar-refractivity contribution >= 4 is 11.7 Å². The van der Waals surface area contributed by atoms with Crippen molar-refractivity contribution in [3.8, 4) is 0 Å². The maximum atomic E-state index is 11.0. The standard InChI is InChI=1S/C8H18N4O2/c1-4-5(6(9)12-14)11-8(2,3)7(10)13/h5,11,14H,4H2,1-3H3,(H2,9,12)(H2,10,13). The highest BCUT2D eigenvalue weighted by Gasteiger charge is 2.28. The smallest absolute Gasteiger partial charge is 0.237 e. The van der Waals surface area contributed by atoms with Gasteiger partial charge in [0.1, 0.15) is 0 Å². The minimum atomic E-state index is -0.879. The summed E-state index contributed by atoms with van der Waals surface area (Å²) < 4.78 is 0. The van der Waals surface area contributed by atoms with Gasteiger partial charge in [0.2, 0.25) is 5.91 Å². The molecule has 0 spiro atoms. The number of nitrogens with one attached hydrogen (secondary N) is 1. The molecule has 0 bridgehead atoms. The summed E-state index contributed by atoms with van der Waals surface area (Å²) in [5, 5.41) is 14.3. The van der Waals surface area contributed by atoms with Crippen molar-refractivity contribution in [1.29, 1.82) is 0 Å². The summed E-state index contributed by atoms with van der Waals surface area (Å²) in [4.78, 5) is 11.0. The highest BCUT2D eigenvalue weighted by Crippen LogP contribution is 2.04. The first-order valence-corrected chi connectivity index (χ1v) is 4.40. The van der Waals surface area contributed by atoms with E-state index >= 15 is 0 Å². The van der Waals surface area contributed by atoms with Crippen LogP contribution in [0.1, 0.15) is 27.2 Å². The molecule has 1 atom stereocenters. The van der Waals surface area contributed by atoms with Crippen molar-refractivity contribution in [2.24, 2.45) is 16.6 Å². The molecular weight excluding hydrogens is 184 g/mol. The van der Waals surface area contributed by atoms with Crippen molar-refractivity contribution in [1.82, 2.24) is 5.32 Å². The molecule has 0 heterocycles. The lowest BCUT2D eigenvalue weighted by Crippen LogP contribution is -2.57. The molecule has 0 radical (unpaired) electrons. The molecule has 0 saturated carbocycles. The van der Waals surface area contributed by atoms with E-state index in [-0.39, 0.29) is 11.9 Å². The number of carbonyl (C=O) groups is 1. The summed E-state index contributed by atoms with van der Waals surface area (Å²) in [6.07, 6.45) is 0.604. The van der Waals surface area contributed by atoms with Gasteiger partial charge in [0.05, 0.1) is 11.6 Å². The fourth-order valence-electron chi connectivity index (χ4n) is 0.962. The van der Waals surface area contributed by atoms with Crippen LogP contribution in [-0.4, -0.2) is 28.5 Å². The Hall–Kier alpha value is -1.30. The Morgan fingerprint density at radius 1 is 1.57 bits per heavy atom. The molecule has 1 unspecified atom stereocenters. The molecule has 6 N–H and O–H groups in total. The number of amidine groups is 1. The molecular formula is C8H18N4O2. The zero-order valence-electron chi connectivity index (χ0n) is 8.74. The van der Waals surface area contributed by atoms with Crippen molar-refractivity contribution in [2.75, 3.05) is 0 Å². The second kappa shape index (κ2) is 4.80. The lowest BCUT2D eigenvalue weighted by molar-refractivity contribution is -0.123. The van der Waals surface area contributed by atoms with Crippen LogP contribution in [0.5, 0.6) is 0 Å². The van der Waals surface area contributed by atoms with Gasteiger partial charge in [-0.1, -0.05) is 12.1 Å². The first-order valence-electron chi connectivity index (χ1n) is 4.40. The molecule has 0 saturated heterocycles. The van der Waals surface area contributed by atoms with Crippen molar-refractivity contribution in [3.63, 3.8) is 0 Å². The summed E-state index contributed by atoms with van der Waals surface area (Å²) in [6, 6.07) is -0.359. The van der Waals surface area contributed by atoms with Gasteiger partial charge in [-0.15, -0.1) is 0 Å². The Bertz CT molecular complexity index is 237. The monoisotopic (exact) mass is 202 g/mol. The first-order chi connectivity index (χ1) is 6.35. The van der Waals surface area contributed by atoms with Gasteiger partial charge in [-0.3, -0.25) is 10.1 Å². The molecule has 0 aliphatic rings. The Kier molecular flexibility index (Phi) is 4.36. The molecule has 0 aliphatic carbocycles. The van der Waals surface area contributed by atoms with Crippen LogP contribution in [-0.2, 0) is 4.79 Å². The Morgan fingerprint density at radius 2 is 2.07 bits per heavy atom. The number of nitrogens with two attached hydrogens (primary N) is 2. The summed E-state index contributed by atoms with van der Waals surface area (Å²) in [5.41, 5.74) is 9.71. The van der Waals surface area contributed by atoms with Crippen molar-refractivity contribution < 1.29 is 10.0 Å². The van der Waals surface area contributed by atoms with Gasteiger partial charge in [-0.25, -0.2) is 0 Å². The minimum absolute atomic E-state index is 0.0434.